The van der Waals surface area contributed by atoms with E-state index in [-0.39, 0.29) is 6.42 Å². The summed E-state index contributed by atoms with van der Waals surface area (Å²) in [7, 11) is 0. The van der Waals surface area contributed by atoms with Crippen LogP contribution in [0.4, 0.5) is 31.5 Å². The molecule has 0 bridgehead atoms. The summed E-state index contributed by atoms with van der Waals surface area (Å²) in [6, 6.07) is 15.8. The molecule has 0 aliphatic heterocycles. The largest absolute Gasteiger partial charge is 0.390 e. The number of aromatic nitrogens is 3. The Labute approximate surface area is 259 Å². The molecule has 14 heteroatoms. The third-order valence-corrected chi connectivity index (χ3v) is 8.57. The van der Waals surface area contributed by atoms with Crippen molar-refractivity contribution in [1.82, 2.24) is 19.7 Å². The summed E-state index contributed by atoms with van der Waals surface area (Å²) in [4.78, 5) is 19.6. The second-order valence-corrected chi connectivity index (χ2v) is 11.9. The van der Waals surface area contributed by atoms with Crippen LogP contribution < -0.4 is 5.32 Å². The van der Waals surface area contributed by atoms with Gasteiger partial charge in [0.2, 0.25) is 0 Å². The second kappa shape index (κ2) is 13.4. The van der Waals surface area contributed by atoms with Gasteiger partial charge in [-0.25, -0.2) is 4.98 Å². The normalized spacial score (nSPS) is 15.1. The maximum atomic E-state index is 13.1. The summed E-state index contributed by atoms with van der Waals surface area (Å²) in [5, 5.41) is 16.5. The highest BCUT2D eigenvalue weighted by Crippen LogP contribution is 2.33. The van der Waals surface area contributed by atoms with Crippen LogP contribution in [0, 0.1) is 11.3 Å². The minimum Gasteiger partial charge on any atom is -0.299 e. The lowest BCUT2D eigenvalue weighted by molar-refractivity contribution is -0.148. The summed E-state index contributed by atoms with van der Waals surface area (Å²) in [5.74, 6) is -0.393. The number of carbonyl (C=O) groups excluding carboxylic acids is 1. The van der Waals surface area contributed by atoms with E-state index >= 15 is 0 Å². The lowest BCUT2D eigenvalue weighted by Gasteiger charge is -2.34. The topological polar surface area (TPSA) is 86.8 Å². The zero-order valence-electron chi connectivity index (χ0n) is 23.8. The summed E-state index contributed by atoms with van der Waals surface area (Å²) >= 11 is 1.19. The molecule has 1 aliphatic rings. The van der Waals surface area contributed by atoms with Gasteiger partial charge in [-0.15, -0.1) is 11.3 Å². The number of nitriles is 1. The van der Waals surface area contributed by atoms with Gasteiger partial charge in [-0.05, 0) is 54.7 Å². The quantitative estimate of drug-likeness (QED) is 0.184. The minimum absolute atomic E-state index is 0.266. The number of carbonyl (C=O) groups is 1. The van der Waals surface area contributed by atoms with E-state index in [1.165, 1.54) is 16.2 Å². The number of alkyl halides is 6. The first kappa shape index (κ1) is 32.2. The number of halogens is 6. The molecule has 2 aromatic heterocycles. The van der Waals surface area contributed by atoms with Gasteiger partial charge in [0.25, 0.3) is 5.91 Å². The summed E-state index contributed by atoms with van der Waals surface area (Å²) in [6.07, 6.45) is -6.68. The van der Waals surface area contributed by atoms with Crippen molar-refractivity contribution in [3.63, 3.8) is 0 Å². The SMILES string of the molecule is N#Cc1ccc(-c2cnn(Cc3cccc(C(=O)Nc4nc5c(s4)CC(N(CCC(F)(F)F)CCC(F)(F)F)CC5)c3)c2)cc1. The molecule has 2 heterocycles. The van der Waals surface area contributed by atoms with Crippen molar-refractivity contribution in [3.8, 4) is 17.2 Å². The first-order valence-electron chi connectivity index (χ1n) is 14.1. The first-order chi connectivity index (χ1) is 21.3. The molecule has 0 spiro atoms. The van der Waals surface area contributed by atoms with Gasteiger partial charge < -0.3 is 0 Å². The maximum Gasteiger partial charge on any atom is 0.390 e. The number of anilines is 1. The number of nitrogens with one attached hydrogen (secondary N) is 1. The fourth-order valence-corrected chi connectivity index (χ4v) is 6.32. The van der Waals surface area contributed by atoms with E-state index in [9.17, 15) is 31.1 Å². The molecule has 0 fully saturated rings. The average molecular weight is 647 g/mol. The number of nitrogens with zero attached hydrogens (tertiary/aromatic N) is 5. The van der Waals surface area contributed by atoms with E-state index in [0.717, 1.165) is 21.6 Å². The lowest BCUT2D eigenvalue weighted by atomic mass is 9.96. The Hall–Kier alpha value is -4.22. The Morgan fingerprint density at radius 1 is 1.04 bits per heavy atom. The molecule has 236 valence electrons. The smallest absolute Gasteiger partial charge is 0.299 e. The molecular formula is C31H28F6N6OS. The van der Waals surface area contributed by atoms with Gasteiger partial charge in [0.05, 0.1) is 42.9 Å². The van der Waals surface area contributed by atoms with Gasteiger partial charge in [0.15, 0.2) is 5.13 Å². The second-order valence-electron chi connectivity index (χ2n) is 10.8. The van der Waals surface area contributed by atoms with E-state index in [1.54, 1.807) is 41.2 Å². The van der Waals surface area contributed by atoms with E-state index in [0.29, 0.717) is 41.3 Å². The molecule has 4 aromatic rings. The van der Waals surface area contributed by atoms with Gasteiger partial charge in [-0.2, -0.15) is 36.7 Å². The van der Waals surface area contributed by atoms with Crippen LogP contribution in [0.1, 0.15) is 51.3 Å². The summed E-state index contributed by atoms with van der Waals surface area (Å²) < 4.78 is 79.0. The Morgan fingerprint density at radius 2 is 1.76 bits per heavy atom. The first-order valence-corrected chi connectivity index (χ1v) is 15.0. The van der Waals surface area contributed by atoms with E-state index in [4.69, 9.17) is 5.26 Å². The molecule has 1 unspecified atom stereocenters. The fourth-order valence-electron chi connectivity index (χ4n) is 5.24. The van der Waals surface area contributed by atoms with Gasteiger partial charge in [0.1, 0.15) is 0 Å². The molecule has 1 N–H and O–H groups in total. The Bertz CT molecular complexity index is 1650. The molecule has 0 radical (unpaired) electrons. The number of rotatable bonds is 10. The number of thiazole rings is 1. The number of hydrogen-bond donors (Lipinski definition) is 1. The van der Waals surface area contributed by atoms with Gasteiger partial charge in [0, 0.05) is 41.3 Å². The fraction of sp³-hybridized carbons (Fsp3) is 0.355. The van der Waals surface area contributed by atoms with Crippen LogP contribution in [-0.4, -0.2) is 57.1 Å². The van der Waals surface area contributed by atoms with Crippen LogP contribution in [-0.2, 0) is 19.4 Å². The molecule has 45 heavy (non-hydrogen) atoms. The highest BCUT2D eigenvalue weighted by Gasteiger charge is 2.35. The van der Waals surface area contributed by atoms with Gasteiger partial charge in [-0.3, -0.25) is 19.7 Å². The number of fused-ring (bicyclic) bond motifs is 1. The van der Waals surface area contributed by atoms with Crippen molar-refractivity contribution in [2.24, 2.45) is 0 Å². The highest BCUT2D eigenvalue weighted by atomic mass is 32.1. The highest BCUT2D eigenvalue weighted by molar-refractivity contribution is 7.15. The predicted molar refractivity (Wildman–Crippen MR) is 157 cm³/mol. The number of aryl methyl sites for hydroxylation is 1. The zero-order valence-corrected chi connectivity index (χ0v) is 24.6. The van der Waals surface area contributed by atoms with Crippen molar-refractivity contribution in [2.75, 3.05) is 18.4 Å². The minimum atomic E-state index is -4.47. The molecule has 5 rings (SSSR count). The number of benzene rings is 2. The maximum absolute atomic E-state index is 13.1. The van der Waals surface area contributed by atoms with Crippen molar-refractivity contribution in [3.05, 3.63) is 88.2 Å². The van der Waals surface area contributed by atoms with Crippen molar-refractivity contribution in [2.45, 2.75) is 57.0 Å². The Balaban J connectivity index is 1.21. The van der Waals surface area contributed by atoms with Crippen LogP contribution in [0.3, 0.4) is 0 Å². The average Bonchev–Trinajstić information content (AvgIpc) is 3.62. The lowest BCUT2D eigenvalue weighted by Crippen LogP contribution is -2.42. The molecule has 7 nitrogen and oxygen atoms in total. The third-order valence-electron chi connectivity index (χ3n) is 7.53. The molecule has 0 saturated carbocycles. The van der Waals surface area contributed by atoms with Crippen LogP contribution >= 0.6 is 11.3 Å². The van der Waals surface area contributed by atoms with Crippen molar-refractivity contribution >= 4 is 22.4 Å². The summed E-state index contributed by atoms with van der Waals surface area (Å²) in [6.45, 7) is -0.606. The van der Waals surface area contributed by atoms with Crippen molar-refractivity contribution in [1.29, 1.82) is 5.26 Å². The molecule has 1 amide bonds. The van der Waals surface area contributed by atoms with Gasteiger partial charge in [-0.1, -0.05) is 24.3 Å². The van der Waals surface area contributed by atoms with Crippen LogP contribution in [0.25, 0.3) is 11.1 Å². The van der Waals surface area contributed by atoms with E-state index < -0.39 is 50.2 Å². The monoisotopic (exact) mass is 646 g/mol. The number of amides is 1. The molecule has 1 aliphatic carbocycles. The standard InChI is InChI=1S/C31H28F6N6OS/c32-30(33,34)10-12-42(13-11-31(35,36)37)25-8-9-26-27(15-25)45-29(40-26)41-28(44)23-3-1-2-21(14-23)18-43-19-24(17-39-43)22-6-4-20(16-38)5-7-22/h1-7,14,17,19,25H,8-13,15,18H2,(H,40,41,44). The molecule has 0 saturated heterocycles. The predicted octanol–water partition coefficient (Wildman–Crippen LogP) is 7.24. The van der Waals surface area contributed by atoms with Gasteiger partial charge >= 0.3 is 12.4 Å². The molecular weight excluding hydrogens is 618 g/mol. The van der Waals surface area contributed by atoms with Crippen molar-refractivity contribution < 1.29 is 31.1 Å². The van der Waals surface area contributed by atoms with E-state index in [1.807, 2.05) is 24.4 Å². The molecule has 1 atom stereocenters. The van der Waals surface area contributed by atoms with Crippen LogP contribution in [0.5, 0.6) is 0 Å². The Kier molecular flexibility index (Phi) is 9.59. The Morgan fingerprint density at radius 3 is 2.42 bits per heavy atom. The summed E-state index contributed by atoms with van der Waals surface area (Å²) in [5.41, 5.74) is 4.28. The zero-order chi connectivity index (χ0) is 32.2. The van der Waals surface area contributed by atoms with Crippen LogP contribution in [0.2, 0.25) is 0 Å². The molecule has 2 aromatic carbocycles. The van der Waals surface area contributed by atoms with Crippen LogP contribution in [0.15, 0.2) is 60.9 Å². The van der Waals surface area contributed by atoms with E-state index in [2.05, 4.69) is 21.5 Å². The third kappa shape index (κ3) is 8.92. The number of hydrogen-bond acceptors (Lipinski definition) is 6.